The van der Waals surface area contributed by atoms with Gasteiger partial charge in [-0.2, -0.15) is 0 Å². The van der Waals surface area contributed by atoms with Crippen molar-refractivity contribution < 1.29 is 4.98 Å². The summed E-state index contributed by atoms with van der Waals surface area (Å²) >= 11 is 5.70. The molecule has 0 amide bonds. The predicted molar refractivity (Wildman–Crippen MR) is 37.2 cm³/mol. The summed E-state index contributed by atoms with van der Waals surface area (Å²) in [4.78, 5) is 2.91. The van der Waals surface area contributed by atoms with Crippen LogP contribution in [0, 0.1) is 6.92 Å². The molecule has 1 aromatic rings. The number of pyridine rings is 1. The molecule has 9 heavy (non-hydrogen) atoms. The maximum absolute atomic E-state index is 5.70. The second-order valence-electron chi connectivity index (χ2n) is 1.91. The lowest BCUT2D eigenvalue weighted by Crippen LogP contribution is -2.07. The fourth-order valence-electron chi connectivity index (χ4n) is 0.557. The molecule has 1 heterocycles. The van der Waals surface area contributed by atoms with Gasteiger partial charge in [0.05, 0.1) is 5.69 Å². The van der Waals surface area contributed by atoms with Crippen molar-refractivity contribution in [3.8, 4) is 0 Å². The molecule has 3 N–H and O–H groups in total. The normalized spacial score (nSPS) is 9.56. The summed E-state index contributed by atoms with van der Waals surface area (Å²) in [5.41, 5.74) is 7.01. The Bertz CT molecular complexity index is 222. The summed E-state index contributed by atoms with van der Waals surface area (Å²) in [6.07, 6.45) is 1.71. The molecule has 0 aliphatic carbocycles. The molecule has 0 fully saturated rings. The topological polar surface area (TPSA) is 40.2 Å². The number of rotatable bonds is 0. The molecule has 48 valence electrons. The van der Waals surface area contributed by atoms with E-state index in [4.69, 9.17) is 17.3 Å². The minimum atomic E-state index is 0.658. The van der Waals surface area contributed by atoms with Crippen LogP contribution in [-0.2, 0) is 0 Å². The van der Waals surface area contributed by atoms with Crippen molar-refractivity contribution >= 4 is 17.3 Å². The highest BCUT2D eigenvalue weighted by Gasteiger charge is 2.00. The van der Waals surface area contributed by atoms with Crippen molar-refractivity contribution in [2.75, 3.05) is 5.73 Å². The van der Waals surface area contributed by atoms with E-state index in [9.17, 15) is 0 Å². The highest BCUT2D eigenvalue weighted by molar-refractivity contribution is 6.31. The molecule has 0 spiro atoms. The van der Waals surface area contributed by atoms with E-state index in [0.717, 1.165) is 5.69 Å². The predicted octanol–water partition coefficient (Wildman–Crippen LogP) is 1.04. The van der Waals surface area contributed by atoms with E-state index < -0.39 is 0 Å². The van der Waals surface area contributed by atoms with Gasteiger partial charge in [0, 0.05) is 6.92 Å². The monoisotopic (exact) mass is 143 g/mol. The molecule has 1 rings (SSSR count). The van der Waals surface area contributed by atoms with Crippen molar-refractivity contribution in [1.82, 2.24) is 0 Å². The highest BCUT2D eigenvalue weighted by atomic mass is 35.5. The summed E-state index contributed by atoms with van der Waals surface area (Å²) in [7, 11) is 0. The minimum absolute atomic E-state index is 0.658. The zero-order chi connectivity index (χ0) is 6.85. The number of H-pyrrole nitrogens is 1. The van der Waals surface area contributed by atoms with E-state index in [1.165, 1.54) is 0 Å². The number of hydrogen-bond acceptors (Lipinski definition) is 1. The Morgan fingerprint density at radius 3 is 2.78 bits per heavy atom. The number of aryl methyl sites for hydroxylation is 1. The van der Waals surface area contributed by atoms with Crippen molar-refractivity contribution in [3.05, 3.63) is 23.0 Å². The quantitative estimate of drug-likeness (QED) is 0.580. The van der Waals surface area contributed by atoms with Crippen LogP contribution in [0.4, 0.5) is 5.69 Å². The lowest BCUT2D eigenvalue weighted by atomic mass is 10.3. The van der Waals surface area contributed by atoms with E-state index >= 15 is 0 Å². The van der Waals surface area contributed by atoms with Gasteiger partial charge in [-0.25, -0.2) is 4.98 Å². The molecular weight excluding hydrogens is 136 g/mol. The van der Waals surface area contributed by atoms with Crippen molar-refractivity contribution in [3.63, 3.8) is 0 Å². The van der Waals surface area contributed by atoms with Crippen molar-refractivity contribution in [2.45, 2.75) is 6.92 Å². The van der Waals surface area contributed by atoms with Crippen LogP contribution in [0.2, 0.25) is 5.02 Å². The molecule has 0 unspecified atom stereocenters. The Labute approximate surface area is 58.7 Å². The smallest absolute Gasteiger partial charge is 0.195 e. The van der Waals surface area contributed by atoms with Gasteiger partial charge in [0.25, 0.3) is 0 Å². The van der Waals surface area contributed by atoms with E-state index in [1.807, 2.05) is 6.92 Å². The minimum Gasteiger partial charge on any atom is -0.394 e. The lowest BCUT2D eigenvalue weighted by Gasteiger charge is -1.89. The van der Waals surface area contributed by atoms with Crippen LogP contribution >= 0.6 is 11.6 Å². The molecule has 0 saturated carbocycles. The van der Waals surface area contributed by atoms with Gasteiger partial charge < -0.3 is 5.73 Å². The molecule has 0 bridgehead atoms. The van der Waals surface area contributed by atoms with Crippen LogP contribution in [-0.4, -0.2) is 0 Å². The summed E-state index contributed by atoms with van der Waals surface area (Å²) in [5, 5.41) is 0.676. The standard InChI is InChI=1S/C6H7ClN2/c1-4-6(7)2-5(8)3-9-4/h2-3H,8H2,1H3/p+1. The number of aromatic amines is 1. The molecule has 0 radical (unpaired) electrons. The van der Waals surface area contributed by atoms with Gasteiger partial charge in [0.2, 0.25) is 0 Å². The third-order valence-corrected chi connectivity index (χ3v) is 1.50. The van der Waals surface area contributed by atoms with E-state index in [2.05, 4.69) is 4.98 Å². The molecule has 1 aromatic heterocycles. The van der Waals surface area contributed by atoms with E-state index in [-0.39, 0.29) is 0 Å². The van der Waals surface area contributed by atoms with Crippen molar-refractivity contribution in [2.24, 2.45) is 0 Å². The Morgan fingerprint density at radius 2 is 2.33 bits per heavy atom. The largest absolute Gasteiger partial charge is 0.394 e. The van der Waals surface area contributed by atoms with Crippen LogP contribution in [0.1, 0.15) is 5.69 Å². The number of hydrogen-bond donors (Lipinski definition) is 1. The van der Waals surface area contributed by atoms with Crippen LogP contribution < -0.4 is 10.7 Å². The summed E-state index contributed by atoms with van der Waals surface area (Å²) in [5.74, 6) is 0. The third-order valence-electron chi connectivity index (χ3n) is 1.11. The Kier molecular flexibility index (Phi) is 1.58. The first-order valence-corrected chi connectivity index (χ1v) is 3.01. The Hall–Kier alpha value is -0.760. The van der Waals surface area contributed by atoms with Gasteiger partial charge in [0.1, 0.15) is 5.02 Å². The molecular formula is C6H8ClN2+. The summed E-state index contributed by atoms with van der Waals surface area (Å²) in [6.45, 7) is 1.89. The lowest BCUT2D eigenvalue weighted by molar-refractivity contribution is -0.386. The summed E-state index contributed by atoms with van der Waals surface area (Å²) < 4.78 is 0. The first-order chi connectivity index (χ1) is 4.20. The van der Waals surface area contributed by atoms with Crippen LogP contribution in [0.3, 0.4) is 0 Å². The van der Waals surface area contributed by atoms with Crippen LogP contribution in [0.25, 0.3) is 0 Å². The Balaban J connectivity index is 3.17. The second-order valence-corrected chi connectivity index (χ2v) is 2.31. The van der Waals surface area contributed by atoms with Crippen LogP contribution in [0.5, 0.6) is 0 Å². The zero-order valence-corrected chi connectivity index (χ0v) is 5.87. The first kappa shape index (κ1) is 6.36. The molecule has 0 saturated heterocycles. The maximum atomic E-state index is 5.70. The van der Waals surface area contributed by atoms with Gasteiger partial charge in [0.15, 0.2) is 11.9 Å². The van der Waals surface area contributed by atoms with Gasteiger partial charge in [-0.3, -0.25) is 0 Å². The highest BCUT2D eigenvalue weighted by Crippen LogP contribution is 2.11. The van der Waals surface area contributed by atoms with E-state index in [1.54, 1.807) is 12.3 Å². The third kappa shape index (κ3) is 1.33. The molecule has 0 atom stereocenters. The van der Waals surface area contributed by atoms with Crippen LogP contribution in [0.15, 0.2) is 12.3 Å². The number of aromatic nitrogens is 1. The number of anilines is 1. The second kappa shape index (κ2) is 2.23. The molecule has 3 heteroatoms. The first-order valence-electron chi connectivity index (χ1n) is 2.63. The average Bonchev–Trinajstić information content (AvgIpc) is 1.80. The summed E-state index contributed by atoms with van der Waals surface area (Å²) in [6, 6.07) is 1.72. The van der Waals surface area contributed by atoms with Gasteiger partial charge in [-0.15, -0.1) is 0 Å². The number of nitrogen functional groups attached to an aromatic ring is 1. The molecule has 0 aliphatic rings. The molecule has 0 aromatic carbocycles. The fourth-order valence-corrected chi connectivity index (χ4v) is 0.737. The van der Waals surface area contributed by atoms with Gasteiger partial charge in [-0.05, 0) is 6.07 Å². The number of halogens is 1. The average molecular weight is 144 g/mol. The maximum Gasteiger partial charge on any atom is 0.195 e. The van der Waals surface area contributed by atoms with Gasteiger partial charge >= 0.3 is 0 Å². The van der Waals surface area contributed by atoms with Gasteiger partial charge in [-0.1, -0.05) is 11.6 Å². The Morgan fingerprint density at radius 1 is 1.67 bits per heavy atom. The zero-order valence-electron chi connectivity index (χ0n) is 5.11. The number of nitrogens with one attached hydrogen (secondary N) is 1. The number of nitrogens with two attached hydrogens (primary N) is 1. The SMILES string of the molecule is Cc1[nH+]cc(N)cc1Cl. The van der Waals surface area contributed by atoms with Crippen molar-refractivity contribution in [1.29, 1.82) is 0 Å². The van der Waals surface area contributed by atoms with E-state index in [0.29, 0.717) is 10.7 Å². The molecule has 2 nitrogen and oxygen atoms in total. The fraction of sp³-hybridized carbons (Fsp3) is 0.167. The molecule has 0 aliphatic heterocycles.